The van der Waals surface area contributed by atoms with E-state index < -0.39 is 0 Å². The largest absolute Gasteiger partial charge is 0.334 e. The van der Waals surface area contributed by atoms with Gasteiger partial charge in [0.05, 0.1) is 0 Å². The van der Waals surface area contributed by atoms with E-state index in [9.17, 15) is 0 Å². The molecule has 4 nitrogen and oxygen atoms in total. The van der Waals surface area contributed by atoms with Crippen LogP contribution in [0.15, 0.2) is 12.4 Å². The average molecular weight is 278 g/mol. The summed E-state index contributed by atoms with van der Waals surface area (Å²) in [7, 11) is 0. The first-order valence-electron chi connectivity index (χ1n) is 8.07. The van der Waals surface area contributed by atoms with Gasteiger partial charge in [0.1, 0.15) is 5.82 Å². The molecule has 2 unspecified atom stereocenters. The summed E-state index contributed by atoms with van der Waals surface area (Å²) in [4.78, 5) is 7.00. The molecule has 0 saturated carbocycles. The van der Waals surface area contributed by atoms with Crippen molar-refractivity contribution in [3.05, 3.63) is 18.2 Å². The van der Waals surface area contributed by atoms with Crippen LogP contribution in [0, 0.1) is 12.8 Å². The summed E-state index contributed by atoms with van der Waals surface area (Å²) in [5.74, 6) is 1.82. The fraction of sp³-hybridized carbons (Fsp3) is 0.812. The smallest absolute Gasteiger partial charge is 0.105 e. The molecule has 2 heterocycles. The SMILES string of the molecule is CCCC1CNC(C(C)C)CN1CCn1ccnc1C. The van der Waals surface area contributed by atoms with Gasteiger partial charge in [-0.3, -0.25) is 4.90 Å². The lowest BCUT2D eigenvalue weighted by atomic mass is 9.97. The number of nitrogens with one attached hydrogen (secondary N) is 1. The molecule has 0 aliphatic carbocycles. The molecule has 0 aromatic carbocycles. The van der Waals surface area contributed by atoms with E-state index in [2.05, 4.69) is 53.7 Å². The topological polar surface area (TPSA) is 33.1 Å². The molecule has 2 rings (SSSR count). The summed E-state index contributed by atoms with van der Waals surface area (Å²) in [5.41, 5.74) is 0. The maximum Gasteiger partial charge on any atom is 0.105 e. The molecule has 1 fully saturated rings. The molecule has 114 valence electrons. The standard InChI is InChI=1S/C16H30N4/c1-5-6-15-11-18-16(13(2)3)12-20(15)10-9-19-8-7-17-14(19)4/h7-8,13,15-16,18H,5-6,9-12H2,1-4H3. The number of hydrogen-bond donors (Lipinski definition) is 1. The van der Waals surface area contributed by atoms with Crippen LogP contribution in [0.25, 0.3) is 0 Å². The van der Waals surface area contributed by atoms with Gasteiger partial charge in [-0.2, -0.15) is 0 Å². The van der Waals surface area contributed by atoms with Gasteiger partial charge in [-0.1, -0.05) is 27.2 Å². The van der Waals surface area contributed by atoms with Crippen molar-refractivity contribution >= 4 is 0 Å². The van der Waals surface area contributed by atoms with E-state index in [1.807, 2.05) is 6.20 Å². The molecular formula is C16H30N4. The van der Waals surface area contributed by atoms with E-state index in [-0.39, 0.29) is 0 Å². The molecule has 1 aliphatic heterocycles. The van der Waals surface area contributed by atoms with Crippen molar-refractivity contribution in [3.63, 3.8) is 0 Å². The molecular weight excluding hydrogens is 248 g/mol. The van der Waals surface area contributed by atoms with E-state index in [0.29, 0.717) is 18.0 Å². The van der Waals surface area contributed by atoms with Crippen molar-refractivity contribution in [1.82, 2.24) is 19.8 Å². The van der Waals surface area contributed by atoms with Crippen LogP contribution < -0.4 is 5.32 Å². The van der Waals surface area contributed by atoms with Crippen LogP contribution in [-0.2, 0) is 6.54 Å². The molecule has 1 N–H and O–H groups in total. The zero-order valence-corrected chi connectivity index (χ0v) is 13.5. The Morgan fingerprint density at radius 2 is 2.20 bits per heavy atom. The Hall–Kier alpha value is -0.870. The fourth-order valence-corrected chi connectivity index (χ4v) is 3.10. The summed E-state index contributed by atoms with van der Waals surface area (Å²) < 4.78 is 2.26. The summed E-state index contributed by atoms with van der Waals surface area (Å²) in [5, 5.41) is 3.73. The number of aryl methyl sites for hydroxylation is 1. The van der Waals surface area contributed by atoms with E-state index in [4.69, 9.17) is 0 Å². The first kappa shape index (κ1) is 15.5. The van der Waals surface area contributed by atoms with Crippen molar-refractivity contribution in [2.45, 2.75) is 59.2 Å². The molecule has 1 saturated heterocycles. The third-order valence-corrected chi connectivity index (χ3v) is 4.54. The molecule has 0 spiro atoms. The lowest BCUT2D eigenvalue weighted by Crippen LogP contribution is -2.58. The number of hydrogen-bond acceptors (Lipinski definition) is 3. The second kappa shape index (κ2) is 7.23. The summed E-state index contributed by atoms with van der Waals surface area (Å²) >= 11 is 0. The minimum atomic E-state index is 0.631. The van der Waals surface area contributed by atoms with E-state index in [1.54, 1.807) is 0 Å². The molecule has 4 heteroatoms. The average Bonchev–Trinajstić information content (AvgIpc) is 2.83. The lowest BCUT2D eigenvalue weighted by Gasteiger charge is -2.42. The Morgan fingerprint density at radius 3 is 2.80 bits per heavy atom. The third kappa shape index (κ3) is 3.83. The zero-order chi connectivity index (χ0) is 14.5. The van der Waals surface area contributed by atoms with Crippen molar-refractivity contribution in [3.8, 4) is 0 Å². The maximum atomic E-state index is 4.31. The van der Waals surface area contributed by atoms with Gasteiger partial charge in [-0.05, 0) is 19.3 Å². The lowest BCUT2D eigenvalue weighted by molar-refractivity contribution is 0.103. The minimum Gasteiger partial charge on any atom is -0.334 e. The van der Waals surface area contributed by atoms with Crippen LogP contribution in [0.5, 0.6) is 0 Å². The summed E-state index contributed by atoms with van der Waals surface area (Å²) in [6.07, 6.45) is 6.54. The first-order chi connectivity index (χ1) is 9.61. The molecule has 1 aliphatic rings. The Balaban J connectivity index is 1.94. The van der Waals surface area contributed by atoms with Crippen molar-refractivity contribution in [2.75, 3.05) is 19.6 Å². The summed E-state index contributed by atoms with van der Waals surface area (Å²) in [6, 6.07) is 1.32. The molecule has 0 radical (unpaired) electrons. The molecule has 20 heavy (non-hydrogen) atoms. The second-order valence-electron chi connectivity index (χ2n) is 6.36. The van der Waals surface area contributed by atoms with Gasteiger partial charge in [0.15, 0.2) is 0 Å². The van der Waals surface area contributed by atoms with Gasteiger partial charge >= 0.3 is 0 Å². The number of nitrogens with zero attached hydrogens (tertiary/aromatic N) is 3. The number of piperazine rings is 1. The Labute approximate surface area is 123 Å². The van der Waals surface area contributed by atoms with Gasteiger partial charge in [0, 0.05) is 50.7 Å². The van der Waals surface area contributed by atoms with Gasteiger partial charge in [-0.15, -0.1) is 0 Å². The van der Waals surface area contributed by atoms with Crippen LogP contribution in [0.4, 0.5) is 0 Å². The van der Waals surface area contributed by atoms with Crippen LogP contribution in [0.1, 0.15) is 39.4 Å². The van der Waals surface area contributed by atoms with Crippen LogP contribution >= 0.6 is 0 Å². The predicted molar refractivity (Wildman–Crippen MR) is 83.9 cm³/mol. The van der Waals surface area contributed by atoms with Crippen molar-refractivity contribution in [2.24, 2.45) is 5.92 Å². The van der Waals surface area contributed by atoms with E-state index in [1.165, 1.54) is 19.4 Å². The molecule has 2 atom stereocenters. The van der Waals surface area contributed by atoms with E-state index >= 15 is 0 Å². The van der Waals surface area contributed by atoms with E-state index in [0.717, 1.165) is 25.5 Å². The predicted octanol–water partition coefficient (Wildman–Crippen LogP) is 2.29. The third-order valence-electron chi connectivity index (χ3n) is 4.54. The normalized spacial score (nSPS) is 24.4. The van der Waals surface area contributed by atoms with Gasteiger partial charge < -0.3 is 9.88 Å². The second-order valence-corrected chi connectivity index (χ2v) is 6.36. The molecule has 0 bridgehead atoms. The summed E-state index contributed by atoms with van der Waals surface area (Å²) in [6.45, 7) is 13.5. The highest BCUT2D eigenvalue weighted by molar-refractivity contribution is 4.91. The molecule has 1 aromatic heterocycles. The number of rotatable bonds is 6. The van der Waals surface area contributed by atoms with Crippen LogP contribution in [0.3, 0.4) is 0 Å². The van der Waals surface area contributed by atoms with Crippen molar-refractivity contribution < 1.29 is 0 Å². The van der Waals surface area contributed by atoms with Crippen molar-refractivity contribution in [1.29, 1.82) is 0 Å². The number of aromatic nitrogens is 2. The van der Waals surface area contributed by atoms with Gasteiger partial charge in [0.25, 0.3) is 0 Å². The number of imidazole rings is 1. The maximum absolute atomic E-state index is 4.31. The Bertz CT molecular complexity index is 399. The van der Waals surface area contributed by atoms with Gasteiger partial charge in [0.2, 0.25) is 0 Å². The van der Waals surface area contributed by atoms with Crippen LogP contribution in [0.2, 0.25) is 0 Å². The molecule has 1 aromatic rings. The highest BCUT2D eigenvalue weighted by atomic mass is 15.2. The van der Waals surface area contributed by atoms with Crippen LogP contribution in [-0.4, -0.2) is 46.2 Å². The monoisotopic (exact) mass is 278 g/mol. The quantitative estimate of drug-likeness (QED) is 0.867. The fourth-order valence-electron chi connectivity index (χ4n) is 3.10. The Morgan fingerprint density at radius 1 is 1.40 bits per heavy atom. The van der Waals surface area contributed by atoms with Gasteiger partial charge in [-0.25, -0.2) is 4.98 Å². The first-order valence-corrected chi connectivity index (χ1v) is 8.07. The zero-order valence-electron chi connectivity index (χ0n) is 13.5. The minimum absolute atomic E-state index is 0.631. The highest BCUT2D eigenvalue weighted by Gasteiger charge is 2.28. The highest BCUT2D eigenvalue weighted by Crippen LogP contribution is 2.16. The Kier molecular flexibility index (Phi) is 5.61. The molecule has 0 amide bonds.